The number of fused-ring (bicyclic) bond motifs is 3. The van der Waals surface area contributed by atoms with Crippen molar-refractivity contribution in [3.63, 3.8) is 0 Å². The van der Waals surface area contributed by atoms with Crippen LogP contribution in [0.25, 0.3) is 67.6 Å². The minimum absolute atomic E-state index is 0.0134. The summed E-state index contributed by atoms with van der Waals surface area (Å²) in [4.78, 5) is 53.8. The molecule has 1 fully saturated rings. The van der Waals surface area contributed by atoms with Gasteiger partial charge in [0.05, 0.1) is 41.9 Å². The van der Waals surface area contributed by atoms with Gasteiger partial charge < -0.3 is 28.6 Å². The van der Waals surface area contributed by atoms with E-state index in [0.29, 0.717) is 53.2 Å². The van der Waals surface area contributed by atoms with E-state index in [1.807, 2.05) is 192 Å². The van der Waals surface area contributed by atoms with Crippen LogP contribution in [-0.2, 0) is 16.1 Å². The second-order valence-corrected chi connectivity index (χ2v) is 19.8. The molecule has 5 aliphatic rings. The van der Waals surface area contributed by atoms with Gasteiger partial charge in [0, 0.05) is 59.3 Å². The predicted molar refractivity (Wildman–Crippen MR) is 308 cm³/mol. The van der Waals surface area contributed by atoms with Gasteiger partial charge in [-0.25, -0.2) is 38.5 Å². The summed E-state index contributed by atoms with van der Waals surface area (Å²) in [6.07, 6.45) is 6.26. The maximum Gasteiger partial charge on any atom is 0.420 e. The highest BCUT2D eigenvalue weighted by Gasteiger charge is 2.26. The van der Waals surface area contributed by atoms with Gasteiger partial charge in [-0.1, -0.05) is 41.9 Å². The standard InChI is InChI=1S/C23H20N2O3.C20H21ClN2O3.C20H21N3O2/c1-2-27-20-12-10-18(11-13-20)21-15-19-9-6-14-25(22(19)24-21)23(26)28-16-17-7-4-3-5-8-17;1-5-25-14-8-6-13(7-9-14)17-12-15-16(21)10-11-22-18(15)23(17)19(24)26-20(2,3)4;1-2-25-17-9-7-15(8-10-17)18-14-16-6-5-13-23(19(16)21-18)20(24)22-11-3-4-12-22/h3-15H,2,16H2,1H3;6-12H,5H2,1-4H3;5-10,13-14H,2-4,11-12H2,1H3. The van der Waals surface area contributed by atoms with Crippen molar-refractivity contribution in [2.45, 2.75) is 66.6 Å². The van der Waals surface area contributed by atoms with Gasteiger partial charge in [0.25, 0.3) is 0 Å². The molecule has 5 aliphatic heterocycles. The van der Waals surface area contributed by atoms with Gasteiger partial charge in [0.2, 0.25) is 0 Å². The number of nitrogens with zero attached hydrogens (tertiary/aromatic N) is 7. The topological polar surface area (TPSA) is 154 Å². The Bertz CT molecular complexity index is 3580. The molecule has 0 spiro atoms. The fraction of sp³-hybridized carbons (Fsp3) is 0.238. The molecule has 0 aliphatic carbocycles. The number of hydrogen-bond acceptors (Lipinski definition) is 11. The Kier molecular flexibility index (Phi) is 17.4. The zero-order valence-corrected chi connectivity index (χ0v) is 45.9. The summed E-state index contributed by atoms with van der Waals surface area (Å²) >= 11 is 6.31. The molecule has 7 heterocycles. The summed E-state index contributed by atoms with van der Waals surface area (Å²) in [5.74, 6) is 3.73. The molecule has 6 aromatic rings. The van der Waals surface area contributed by atoms with Gasteiger partial charge in [-0.3, -0.25) is 4.57 Å². The minimum atomic E-state index is -0.623. The van der Waals surface area contributed by atoms with Crippen LogP contribution in [0.15, 0.2) is 170 Å². The van der Waals surface area contributed by atoms with Crippen molar-refractivity contribution in [1.29, 1.82) is 0 Å². The van der Waals surface area contributed by atoms with E-state index in [1.165, 1.54) is 9.13 Å². The number of rotatable bonds is 11. The van der Waals surface area contributed by atoms with Crippen molar-refractivity contribution in [2.24, 2.45) is 0 Å². The highest BCUT2D eigenvalue weighted by molar-refractivity contribution is 6.35. The molecular weight excluding hydrogens is 1020 g/mol. The van der Waals surface area contributed by atoms with Crippen molar-refractivity contribution >= 4 is 40.9 Å². The summed E-state index contributed by atoms with van der Waals surface area (Å²) in [6.45, 7) is 15.1. The summed E-state index contributed by atoms with van der Waals surface area (Å²) in [6, 6.07) is 48.0. The van der Waals surface area contributed by atoms with E-state index in [9.17, 15) is 14.4 Å². The molecule has 11 rings (SSSR count). The number of hydrogen-bond donors (Lipinski definition) is 0. The molecule has 0 atom stereocenters. The smallest absolute Gasteiger partial charge is 0.420 e. The molecule has 0 unspecified atom stereocenters. The van der Waals surface area contributed by atoms with Crippen LogP contribution in [0.4, 0.5) is 14.4 Å². The lowest BCUT2D eigenvalue weighted by Gasteiger charge is -2.20. The number of amides is 1. The van der Waals surface area contributed by atoms with Crippen molar-refractivity contribution < 1.29 is 38.1 Å². The average Bonchev–Trinajstić information content (AvgIpc) is 4.42. The first-order chi connectivity index (χ1) is 38.3. The van der Waals surface area contributed by atoms with E-state index >= 15 is 0 Å². The van der Waals surface area contributed by atoms with Crippen LogP contribution in [0.3, 0.4) is 0 Å². The number of pyridine rings is 3. The van der Waals surface area contributed by atoms with Gasteiger partial charge >= 0.3 is 18.2 Å². The summed E-state index contributed by atoms with van der Waals surface area (Å²) in [5.41, 5.74) is 7.78. The molecule has 1 saturated heterocycles. The Morgan fingerprint density at radius 3 is 1.59 bits per heavy atom. The molecule has 4 aromatic carbocycles. The average molecular weight is 1080 g/mol. The Morgan fingerprint density at radius 1 is 0.570 bits per heavy atom. The SMILES string of the molecule is CCOc1ccc(-c2cc3c(Cl)ccnc3n2C(=O)OC(C)(C)C)cc1.CCOc1ccc(-c2cc3cccn(C(=O)N4CCCC4)c-3n2)cc1.CCOc1ccc(-c2cc3cccn(C(=O)OCc4ccccc4)c-3n2)cc1. The Labute approximate surface area is 464 Å². The fourth-order valence-corrected chi connectivity index (χ4v) is 9.16. The van der Waals surface area contributed by atoms with Crippen molar-refractivity contribution in [2.75, 3.05) is 32.9 Å². The minimum Gasteiger partial charge on any atom is -0.494 e. The van der Waals surface area contributed by atoms with Crippen LogP contribution in [0.1, 0.15) is 59.9 Å². The third kappa shape index (κ3) is 13.3. The fourth-order valence-electron chi connectivity index (χ4n) is 8.97. The zero-order valence-electron chi connectivity index (χ0n) is 45.1. The number of halogens is 1. The van der Waals surface area contributed by atoms with Crippen LogP contribution in [0.5, 0.6) is 17.2 Å². The maximum atomic E-state index is 12.8. The molecule has 1 amide bonds. The van der Waals surface area contributed by atoms with Crippen molar-refractivity contribution in [1.82, 2.24) is 33.6 Å². The van der Waals surface area contributed by atoms with Crippen LogP contribution in [0, 0.1) is 0 Å². The summed E-state index contributed by atoms with van der Waals surface area (Å²) in [5, 5.41) is 1.23. The molecule has 2 aromatic heterocycles. The van der Waals surface area contributed by atoms with Crippen LogP contribution >= 0.6 is 11.6 Å². The van der Waals surface area contributed by atoms with Gasteiger partial charge in [-0.05, 0) is 187 Å². The van der Waals surface area contributed by atoms with Crippen LogP contribution in [-0.4, -0.2) is 90.3 Å². The first kappa shape index (κ1) is 54.8. The Hall–Kier alpha value is -8.95. The van der Waals surface area contributed by atoms with E-state index in [4.69, 9.17) is 40.3 Å². The summed E-state index contributed by atoms with van der Waals surface area (Å²) in [7, 11) is 0. The van der Waals surface area contributed by atoms with Crippen LogP contribution in [0.2, 0.25) is 5.02 Å². The highest BCUT2D eigenvalue weighted by Crippen LogP contribution is 2.35. The van der Waals surface area contributed by atoms with Gasteiger partial charge in [0.15, 0.2) is 5.65 Å². The van der Waals surface area contributed by atoms with Gasteiger partial charge in [-0.2, -0.15) is 0 Å². The molecule has 15 nitrogen and oxygen atoms in total. The largest absolute Gasteiger partial charge is 0.494 e. The number of carbonyl (C=O) groups excluding carboxylic acids is 3. The van der Waals surface area contributed by atoms with E-state index in [-0.39, 0.29) is 12.6 Å². The number of aromatic nitrogens is 6. The molecule has 404 valence electrons. The monoisotopic (exact) mass is 1080 g/mol. The van der Waals surface area contributed by atoms with Crippen LogP contribution < -0.4 is 14.2 Å². The van der Waals surface area contributed by atoms with E-state index in [0.717, 1.165) is 87.9 Å². The first-order valence-electron chi connectivity index (χ1n) is 26.4. The maximum absolute atomic E-state index is 12.8. The van der Waals surface area contributed by atoms with E-state index in [2.05, 4.69) is 9.97 Å². The Balaban J connectivity index is 0.000000144. The van der Waals surface area contributed by atoms with Gasteiger partial charge in [-0.15, -0.1) is 0 Å². The molecule has 0 bridgehead atoms. The molecule has 0 saturated carbocycles. The van der Waals surface area contributed by atoms with Crippen molar-refractivity contribution in [3.05, 3.63) is 181 Å². The molecule has 16 heteroatoms. The first-order valence-corrected chi connectivity index (χ1v) is 26.7. The number of carbonyl (C=O) groups is 3. The highest BCUT2D eigenvalue weighted by atomic mass is 35.5. The third-order valence-corrected chi connectivity index (χ3v) is 13.0. The zero-order chi connectivity index (χ0) is 55.5. The molecule has 0 N–H and O–H groups in total. The Morgan fingerprint density at radius 2 is 1.08 bits per heavy atom. The van der Waals surface area contributed by atoms with E-state index < -0.39 is 17.8 Å². The van der Waals surface area contributed by atoms with E-state index in [1.54, 1.807) is 29.2 Å². The molecule has 79 heavy (non-hydrogen) atoms. The lowest BCUT2D eigenvalue weighted by atomic mass is 10.1. The predicted octanol–water partition coefficient (Wildman–Crippen LogP) is 14.9. The van der Waals surface area contributed by atoms with Gasteiger partial charge in [0.1, 0.15) is 41.1 Å². The molecular formula is C63H62ClN7O8. The van der Waals surface area contributed by atoms with Crippen molar-refractivity contribution in [3.8, 4) is 73.8 Å². The quantitative estimate of drug-likeness (QED) is 0.122. The summed E-state index contributed by atoms with van der Waals surface area (Å²) < 4.78 is 32.0. The second-order valence-electron chi connectivity index (χ2n) is 19.4. The lowest BCUT2D eigenvalue weighted by Crippen LogP contribution is -2.32. The lowest BCUT2D eigenvalue weighted by molar-refractivity contribution is 0.0546. The number of likely N-dealkylation sites (tertiary alicyclic amines) is 1. The number of benzene rings is 4. The normalized spacial score (nSPS) is 12.1. The molecule has 0 radical (unpaired) electrons. The number of ether oxygens (including phenoxy) is 5. The second kappa shape index (κ2) is 25.0. The third-order valence-electron chi connectivity index (χ3n) is 12.6.